The number of allylic oxidation sites excluding steroid dienone is 2. The van der Waals surface area contributed by atoms with Gasteiger partial charge in [0, 0.05) is 39.6 Å². The van der Waals surface area contributed by atoms with Gasteiger partial charge in [0.15, 0.2) is 0 Å². The molecule has 0 bridgehead atoms. The summed E-state index contributed by atoms with van der Waals surface area (Å²) in [7, 11) is 0. The number of ether oxygens (including phenoxy) is 1. The van der Waals surface area contributed by atoms with Gasteiger partial charge in [-0.3, -0.25) is 4.99 Å². The van der Waals surface area contributed by atoms with Gasteiger partial charge in [-0.1, -0.05) is 109 Å². The van der Waals surface area contributed by atoms with Crippen LogP contribution in [-0.2, 0) is 6.54 Å². The molecule has 2 aliphatic rings. The molecule has 6 aromatic rings. The van der Waals surface area contributed by atoms with Crippen LogP contribution in [0.25, 0.3) is 27.5 Å². The van der Waals surface area contributed by atoms with Crippen LogP contribution in [0, 0.1) is 0 Å². The molecular weight excluding hydrogens is 540 g/mol. The molecule has 0 saturated carbocycles. The van der Waals surface area contributed by atoms with Crippen molar-refractivity contribution in [2.45, 2.75) is 24.7 Å². The first-order chi connectivity index (χ1) is 21.7. The van der Waals surface area contributed by atoms with Crippen molar-refractivity contribution in [1.29, 1.82) is 0 Å². The molecule has 5 aromatic carbocycles. The third-order valence-corrected chi connectivity index (χ3v) is 8.62. The van der Waals surface area contributed by atoms with Crippen molar-refractivity contribution < 1.29 is 4.74 Å². The number of aliphatic imine (C=N–C) groups is 1. The normalized spacial score (nSPS) is 17.8. The van der Waals surface area contributed by atoms with E-state index in [-0.39, 0.29) is 18.2 Å². The van der Waals surface area contributed by atoms with E-state index in [1.807, 2.05) is 48.5 Å². The van der Waals surface area contributed by atoms with E-state index in [2.05, 4.69) is 107 Å². The summed E-state index contributed by atoms with van der Waals surface area (Å²) in [5, 5.41) is 5.92. The highest BCUT2D eigenvalue weighted by atomic mass is 16.5. The monoisotopic (exact) mass is 572 g/mol. The first-order valence-electron chi connectivity index (χ1n) is 15.1. The minimum Gasteiger partial charge on any atom is -0.485 e. The molecule has 0 amide bonds. The molecule has 1 aliphatic heterocycles. The molecule has 0 saturated heterocycles. The van der Waals surface area contributed by atoms with E-state index in [4.69, 9.17) is 15.5 Å². The number of rotatable bonds is 6. The standard InChI is InChI=1S/C39H32N4O/c40-38(27-11-3-1-4-12-27)42-39(28-13-5-2-6-14-28)41-25-26-19-21-29(22-20-26)43-34-17-9-7-15-30(34)32-23-33-31-16-8-10-18-36(31)44-37(33)24-35(32)43/h1-24,31,36,38H,25,40H2,(H,41,42). The number of nitrogens with two attached hydrogens (primary N) is 1. The van der Waals surface area contributed by atoms with Gasteiger partial charge in [0.2, 0.25) is 0 Å². The number of nitrogens with one attached hydrogen (secondary N) is 1. The van der Waals surface area contributed by atoms with E-state index in [1.165, 1.54) is 21.9 Å². The van der Waals surface area contributed by atoms with Crippen molar-refractivity contribution in [2.75, 3.05) is 0 Å². The van der Waals surface area contributed by atoms with Gasteiger partial charge >= 0.3 is 0 Å². The van der Waals surface area contributed by atoms with Crippen molar-refractivity contribution in [1.82, 2.24) is 9.88 Å². The molecule has 214 valence electrons. The summed E-state index contributed by atoms with van der Waals surface area (Å²) < 4.78 is 8.73. The van der Waals surface area contributed by atoms with Crippen molar-refractivity contribution in [3.63, 3.8) is 0 Å². The van der Waals surface area contributed by atoms with Crippen molar-refractivity contribution in [2.24, 2.45) is 10.7 Å². The number of benzene rings is 5. The van der Waals surface area contributed by atoms with Gasteiger partial charge in [-0.15, -0.1) is 0 Å². The Kier molecular flexibility index (Phi) is 6.58. The molecule has 0 fully saturated rings. The summed E-state index contributed by atoms with van der Waals surface area (Å²) in [6, 6.07) is 42.0. The van der Waals surface area contributed by atoms with Crippen LogP contribution >= 0.6 is 0 Å². The maximum atomic E-state index is 6.52. The summed E-state index contributed by atoms with van der Waals surface area (Å²) in [5.74, 6) is 2.00. The van der Waals surface area contributed by atoms with Crippen LogP contribution in [-0.4, -0.2) is 16.5 Å². The molecule has 8 rings (SSSR count). The smallest absolute Gasteiger partial charge is 0.130 e. The van der Waals surface area contributed by atoms with Crippen molar-refractivity contribution >= 4 is 27.6 Å². The Bertz CT molecular complexity index is 2060. The highest BCUT2D eigenvalue weighted by molar-refractivity contribution is 6.10. The molecule has 44 heavy (non-hydrogen) atoms. The summed E-state index contributed by atoms with van der Waals surface area (Å²) in [6.07, 6.45) is 8.29. The Balaban J connectivity index is 1.12. The zero-order chi connectivity index (χ0) is 29.5. The summed E-state index contributed by atoms with van der Waals surface area (Å²) in [4.78, 5) is 4.99. The van der Waals surface area contributed by atoms with Gasteiger partial charge in [0.1, 0.15) is 23.9 Å². The van der Waals surface area contributed by atoms with Crippen molar-refractivity contribution in [3.8, 4) is 11.4 Å². The van der Waals surface area contributed by atoms with E-state index in [9.17, 15) is 0 Å². The molecule has 3 unspecified atom stereocenters. The maximum absolute atomic E-state index is 6.52. The molecule has 0 radical (unpaired) electrons. The quantitative estimate of drug-likeness (QED) is 0.121. The average molecular weight is 573 g/mol. The van der Waals surface area contributed by atoms with E-state index in [0.29, 0.717) is 6.54 Å². The number of aromatic nitrogens is 1. The van der Waals surface area contributed by atoms with E-state index >= 15 is 0 Å². The van der Waals surface area contributed by atoms with E-state index in [1.54, 1.807) is 0 Å². The number of hydrogen-bond donors (Lipinski definition) is 2. The Morgan fingerprint density at radius 1 is 0.773 bits per heavy atom. The number of para-hydroxylation sites is 1. The molecular formula is C39H32N4O. The molecule has 5 nitrogen and oxygen atoms in total. The minimum absolute atomic E-state index is 0.0681. The third-order valence-electron chi connectivity index (χ3n) is 8.62. The largest absolute Gasteiger partial charge is 0.485 e. The number of amidine groups is 1. The van der Waals surface area contributed by atoms with Crippen LogP contribution in [0.5, 0.6) is 5.75 Å². The van der Waals surface area contributed by atoms with Gasteiger partial charge in [-0.05, 0) is 41.5 Å². The average Bonchev–Trinajstić information content (AvgIpc) is 3.61. The van der Waals surface area contributed by atoms with Crippen LogP contribution in [0.15, 0.2) is 151 Å². The zero-order valence-corrected chi connectivity index (χ0v) is 24.2. The topological polar surface area (TPSA) is 64.6 Å². The lowest BCUT2D eigenvalue weighted by molar-refractivity contribution is 0.269. The number of nitrogens with zero attached hydrogens (tertiary/aromatic N) is 2. The lowest BCUT2D eigenvalue weighted by Gasteiger charge is -2.18. The molecule has 1 aliphatic carbocycles. The highest BCUT2D eigenvalue weighted by Crippen LogP contribution is 2.45. The van der Waals surface area contributed by atoms with Crippen LogP contribution in [0.2, 0.25) is 0 Å². The summed E-state index contributed by atoms with van der Waals surface area (Å²) >= 11 is 0. The SMILES string of the molecule is NC(N/C(=N\Cc1ccc(-n2c3ccccc3c3cc4c(cc32)OC2C=CC=CC42)cc1)c1ccccc1)c1ccccc1. The second-order valence-corrected chi connectivity index (χ2v) is 11.4. The van der Waals surface area contributed by atoms with Crippen molar-refractivity contribution in [3.05, 3.63) is 168 Å². The third kappa shape index (κ3) is 4.68. The molecule has 5 heteroatoms. The molecule has 2 heterocycles. The first-order valence-corrected chi connectivity index (χ1v) is 15.1. The van der Waals surface area contributed by atoms with Crippen LogP contribution in [0.1, 0.15) is 34.3 Å². The van der Waals surface area contributed by atoms with E-state index in [0.717, 1.165) is 39.5 Å². The van der Waals surface area contributed by atoms with Crippen LogP contribution < -0.4 is 15.8 Å². The lowest BCUT2D eigenvalue weighted by Crippen LogP contribution is -2.34. The van der Waals surface area contributed by atoms with Gasteiger partial charge in [-0.25, -0.2) is 0 Å². The molecule has 0 spiro atoms. The first kappa shape index (κ1) is 26.3. The highest BCUT2D eigenvalue weighted by Gasteiger charge is 2.33. The molecule has 1 aromatic heterocycles. The Morgan fingerprint density at radius 3 is 2.32 bits per heavy atom. The van der Waals surface area contributed by atoms with Gasteiger partial charge in [0.05, 0.1) is 17.6 Å². The Labute approximate surface area is 256 Å². The van der Waals surface area contributed by atoms with Gasteiger partial charge in [-0.2, -0.15) is 0 Å². The molecule has 3 atom stereocenters. The second kappa shape index (κ2) is 11.0. The number of hydrogen-bond acceptors (Lipinski definition) is 3. The second-order valence-electron chi connectivity index (χ2n) is 11.4. The summed E-state index contributed by atoms with van der Waals surface area (Å²) in [5.41, 5.74) is 14.3. The zero-order valence-electron chi connectivity index (χ0n) is 24.2. The predicted octanol–water partition coefficient (Wildman–Crippen LogP) is 7.95. The predicted molar refractivity (Wildman–Crippen MR) is 179 cm³/mol. The minimum atomic E-state index is -0.366. The van der Waals surface area contributed by atoms with Gasteiger partial charge in [0.25, 0.3) is 0 Å². The number of fused-ring (bicyclic) bond motifs is 6. The summed E-state index contributed by atoms with van der Waals surface area (Å²) in [6.45, 7) is 0.525. The van der Waals surface area contributed by atoms with Crippen LogP contribution in [0.3, 0.4) is 0 Å². The van der Waals surface area contributed by atoms with Gasteiger partial charge < -0.3 is 20.4 Å². The van der Waals surface area contributed by atoms with Crippen LogP contribution in [0.4, 0.5) is 0 Å². The molecule has 3 N–H and O–H groups in total. The Hall–Kier alpha value is -5.39. The Morgan fingerprint density at radius 2 is 1.50 bits per heavy atom. The maximum Gasteiger partial charge on any atom is 0.130 e. The fourth-order valence-electron chi connectivity index (χ4n) is 6.41. The fourth-order valence-corrected chi connectivity index (χ4v) is 6.41. The van der Waals surface area contributed by atoms with E-state index < -0.39 is 0 Å². The lowest BCUT2D eigenvalue weighted by atomic mass is 9.91. The fraction of sp³-hybridized carbons (Fsp3) is 0.103.